The molecule has 2 fully saturated rings. The Hall–Kier alpha value is -7.57. The number of para-hydroxylation sites is 1. The molecule has 3 N–H and O–H groups in total. The molecule has 73 heavy (non-hydrogen) atoms. The van der Waals surface area contributed by atoms with E-state index in [1.165, 1.54) is 12.4 Å². The largest absolute Gasteiger partial charge is 0.490 e. The van der Waals surface area contributed by atoms with Crippen LogP contribution in [0.2, 0.25) is 0 Å². The minimum Gasteiger partial charge on any atom is -0.490 e. The maximum Gasteiger partial charge on any atom is 0.266 e. The number of ether oxygens (including phenoxy) is 6. The Kier molecular flexibility index (Phi) is 17.2. The van der Waals surface area contributed by atoms with Crippen molar-refractivity contribution in [3.05, 3.63) is 102 Å². The molecule has 3 aliphatic rings. The summed E-state index contributed by atoms with van der Waals surface area (Å²) in [7, 11) is 0. The number of hydrogen-bond acceptors (Lipinski definition) is 16. The van der Waals surface area contributed by atoms with Gasteiger partial charge < -0.3 is 39.1 Å². The summed E-state index contributed by atoms with van der Waals surface area (Å²) in [6.45, 7) is 7.83. The van der Waals surface area contributed by atoms with Crippen LogP contribution in [0.1, 0.15) is 79.1 Å². The molecule has 0 radical (unpaired) electrons. The van der Waals surface area contributed by atoms with E-state index in [4.69, 9.17) is 39.3 Å². The Morgan fingerprint density at radius 1 is 0.836 bits per heavy atom. The highest BCUT2D eigenvalue weighted by molar-refractivity contribution is 6.24. The quantitative estimate of drug-likeness (QED) is 0.0319. The summed E-state index contributed by atoms with van der Waals surface area (Å²) in [5.41, 5.74) is 8.33. The lowest BCUT2D eigenvalue weighted by molar-refractivity contribution is -0.136. The van der Waals surface area contributed by atoms with Crippen LogP contribution >= 0.6 is 0 Å². The maximum absolute atomic E-state index is 13.9. The standard InChI is InChI=1S/C53H59N9O11/c1-53(2,20-8-22-68-23-24-69-25-26-70-27-28-71-29-30-72-42-13-6-12-40-44(42)52(67)61(51(40)66)41-18-19-43(63)58-49(41)64)31-36(32-54)50(65)60-21-7-9-37(33-60)62-48-45(47(55)56-34-57-48)46(59-62)35-14-16-39(17-15-35)73-38-10-4-3-5-11-38/h3-6,10-17,31,34,37,41H,7-9,18-30,33H2,1-2H3,(H2,55,56,57)(H,58,63,64)/b36-31+/t37-,41?/m1/s1. The van der Waals surface area contributed by atoms with Crippen molar-refractivity contribution >= 4 is 46.4 Å². The van der Waals surface area contributed by atoms with Gasteiger partial charge >= 0.3 is 0 Å². The summed E-state index contributed by atoms with van der Waals surface area (Å²) in [6, 6.07) is 22.7. The number of likely N-dealkylation sites (tertiary alicyclic amines) is 1. The number of hydrogen-bond donors (Lipinski definition) is 2. The Labute approximate surface area is 422 Å². The number of allylic oxidation sites excluding steroid dienone is 1. The van der Waals surface area contributed by atoms with Gasteiger partial charge in [0.1, 0.15) is 59.4 Å². The van der Waals surface area contributed by atoms with Gasteiger partial charge in [0, 0.05) is 31.7 Å². The van der Waals surface area contributed by atoms with E-state index < -0.39 is 35.1 Å². The van der Waals surface area contributed by atoms with Crippen LogP contribution in [-0.4, -0.2) is 138 Å². The number of imide groups is 2. The van der Waals surface area contributed by atoms with Gasteiger partial charge in [0.2, 0.25) is 11.8 Å². The van der Waals surface area contributed by atoms with Crippen LogP contribution < -0.4 is 20.5 Å². The number of rotatable bonds is 24. The van der Waals surface area contributed by atoms with E-state index in [-0.39, 0.29) is 60.5 Å². The third kappa shape index (κ3) is 12.7. The SMILES string of the molecule is CC(C)(/C=C(\C#N)C(=O)N1CCC[C@@H](n2nc(-c3ccc(Oc4ccccc4)cc3)c3c(N)ncnc32)C1)CCCOCCOCCOCCOCCOc1cccc2c1C(=O)N(C1CCC(=O)NC1=O)C2=O. The van der Waals surface area contributed by atoms with Gasteiger partial charge in [-0.05, 0) is 86.1 Å². The van der Waals surface area contributed by atoms with E-state index in [9.17, 15) is 29.2 Å². The number of carbonyl (C=O) groups is 5. The molecular weight excluding hydrogens is 939 g/mol. The van der Waals surface area contributed by atoms with E-state index in [1.807, 2.05) is 73.1 Å². The first-order valence-electron chi connectivity index (χ1n) is 24.4. The van der Waals surface area contributed by atoms with Gasteiger partial charge in [-0.15, -0.1) is 0 Å². The first-order chi connectivity index (χ1) is 35.4. The molecule has 3 aromatic carbocycles. The van der Waals surface area contributed by atoms with Crippen molar-refractivity contribution in [1.29, 1.82) is 5.26 Å². The highest BCUT2D eigenvalue weighted by Gasteiger charge is 2.46. The fraction of sp³-hybridized carbons (Fsp3) is 0.415. The van der Waals surface area contributed by atoms with Crippen molar-refractivity contribution in [2.75, 3.05) is 78.3 Å². The highest BCUT2D eigenvalue weighted by Crippen LogP contribution is 2.37. The number of fused-ring (bicyclic) bond motifs is 2. The van der Waals surface area contributed by atoms with Crippen molar-refractivity contribution in [1.82, 2.24) is 34.9 Å². The van der Waals surface area contributed by atoms with Crippen LogP contribution in [0.5, 0.6) is 17.2 Å². The van der Waals surface area contributed by atoms with Gasteiger partial charge in [-0.3, -0.25) is 34.2 Å². The van der Waals surface area contributed by atoms with Crippen molar-refractivity contribution in [3.8, 4) is 34.6 Å². The minimum atomic E-state index is -1.06. The van der Waals surface area contributed by atoms with E-state index in [2.05, 4.69) is 21.4 Å². The van der Waals surface area contributed by atoms with E-state index in [1.54, 1.807) is 23.1 Å². The predicted octanol–water partition coefficient (Wildman–Crippen LogP) is 5.83. The lowest BCUT2D eigenvalue weighted by Gasteiger charge is -2.33. The molecule has 0 saturated carbocycles. The van der Waals surface area contributed by atoms with Gasteiger partial charge in [-0.25, -0.2) is 14.6 Å². The molecule has 2 atom stereocenters. The van der Waals surface area contributed by atoms with E-state index in [0.29, 0.717) is 100 Å². The van der Waals surface area contributed by atoms with Crippen molar-refractivity contribution < 1.29 is 52.4 Å². The predicted molar refractivity (Wildman–Crippen MR) is 265 cm³/mol. The number of piperidine rings is 2. The molecule has 0 bridgehead atoms. The van der Waals surface area contributed by atoms with Crippen LogP contribution in [-0.2, 0) is 33.3 Å². The molecule has 382 valence electrons. The molecule has 5 heterocycles. The third-order valence-corrected chi connectivity index (χ3v) is 12.7. The summed E-state index contributed by atoms with van der Waals surface area (Å²) in [5, 5.41) is 18.0. The smallest absolute Gasteiger partial charge is 0.266 e. The molecule has 20 heteroatoms. The van der Waals surface area contributed by atoms with Crippen LogP contribution in [0.3, 0.4) is 0 Å². The van der Waals surface area contributed by atoms with Crippen LogP contribution in [0.4, 0.5) is 5.82 Å². The molecule has 0 aliphatic carbocycles. The number of nitrogen functional groups attached to an aromatic ring is 1. The Morgan fingerprint density at radius 3 is 2.22 bits per heavy atom. The Balaban J connectivity index is 0.699. The minimum absolute atomic E-state index is 0.0361. The van der Waals surface area contributed by atoms with Crippen molar-refractivity contribution in [2.45, 2.75) is 64.5 Å². The van der Waals surface area contributed by atoms with Gasteiger partial charge in [-0.2, -0.15) is 10.4 Å². The molecule has 2 aromatic heterocycles. The van der Waals surface area contributed by atoms with Gasteiger partial charge in [0.25, 0.3) is 17.7 Å². The molecule has 3 aliphatic heterocycles. The number of nitrogens with two attached hydrogens (primary N) is 1. The lowest BCUT2D eigenvalue weighted by atomic mass is 9.85. The number of carbonyl (C=O) groups excluding carboxylic acids is 5. The fourth-order valence-corrected chi connectivity index (χ4v) is 9.08. The molecular formula is C53H59N9O11. The molecule has 8 rings (SSSR count). The summed E-state index contributed by atoms with van der Waals surface area (Å²) in [4.78, 5) is 75.6. The van der Waals surface area contributed by atoms with Crippen molar-refractivity contribution in [3.63, 3.8) is 0 Å². The van der Waals surface area contributed by atoms with E-state index in [0.717, 1.165) is 29.1 Å². The summed E-state index contributed by atoms with van der Waals surface area (Å²) < 4.78 is 36.2. The number of nitrogens with zero attached hydrogens (tertiary/aromatic N) is 7. The first-order valence-corrected chi connectivity index (χ1v) is 24.4. The molecule has 0 spiro atoms. The highest BCUT2D eigenvalue weighted by atomic mass is 16.6. The molecule has 20 nitrogen and oxygen atoms in total. The first kappa shape index (κ1) is 51.8. The van der Waals surface area contributed by atoms with Crippen LogP contribution in [0.15, 0.2) is 90.8 Å². The third-order valence-electron chi connectivity index (χ3n) is 12.7. The average Bonchev–Trinajstić information content (AvgIpc) is 3.91. The van der Waals surface area contributed by atoms with E-state index >= 15 is 0 Å². The van der Waals surface area contributed by atoms with Crippen molar-refractivity contribution in [2.24, 2.45) is 5.41 Å². The van der Waals surface area contributed by atoms with Crippen LogP contribution in [0, 0.1) is 16.7 Å². The lowest BCUT2D eigenvalue weighted by Crippen LogP contribution is -2.54. The molecule has 1 unspecified atom stereocenters. The molecule has 2 saturated heterocycles. The Bertz CT molecular complexity index is 2860. The normalized spacial score (nSPS) is 17.2. The monoisotopic (exact) mass is 997 g/mol. The van der Waals surface area contributed by atoms with Gasteiger partial charge in [0.15, 0.2) is 5.65 Å². The second-order valence-corrected chi connectivity index (χ2v) is 18.4. The zero-order valence-electron chi connectivity index (χ0n) is 41.0. The zero-order chi connectivity index (χ0) is 51.3. The second kappa shape index (κ2) is 24.2. The number of anilines is 1. The number of benzene rings is 3. The topological polar surface area (TPSA) is 253 Å². The second-order valence-electron chi connectivity index (χ2n) is 18.4. The number of nitrogens with one attached hydrogen (secondary N) is 1. The fourth-order valence-electron chi connectivity index (χ4n) is 9.08. The summed E-state index contributed by atoms with van der Waals surface area (Å²) in [5.74, 6) is -0.744. The number of aromatic nitrogens is 4. The molecule has 5 aromatic rings. The van der Waals surface area contributed by atoms with Gasteiger partial charge in [-0.1, -0.05) is 44.2 Å². The Morgan fingerprint density at radius 2 is 1.52 bits per heavy atom. The zero-order valence-corrected chi connectivity index (χ0v) is 41.0. The molecule has 5 amide bonds. The average molecular weight is 998 g/mol. The number of amides is 5. The van der Waals surface area contributed by atoms with Crippen LogP contribution in [0.25, 0.3) is 22.3 Å². The van der Waals surface area contributed by atoms with Gasteiger partial charge in [0.05, 0.1) is 68.8 Å². The summed E-state index contributed by atoms with van der Waals surface area (Å²) in [6.07, 6.45) is 6.18. The summed E-state index contributed by atoms with van der Waals surface area (Å²) >= 11 is 0. The number of nitriles is 1. The maximum atomic E-state index is 13.9.